The standard InChI is InChI=1S/C9H12ClNO2S2/c10-8-15(12,13)11-6-7-14-9-4-2-1-3-5-9/h1-5,11H,6-8H2. The molecular weight excluding hydrogens is 254 g/mol. The Morgan fingerprint density at radius 2 is 1.93 bits per heavy atom. The lowest BCUT2D eigenvalue weighted by Crippen LogP contribution is -2.26. The number of rotatable bonds is 6. The maximum absolute atomic E-state index is 11.0. The molecule has 0 atom stereocenters. The molecule has 1 N–H and O–H groups in total. The first-order valence-corrected chi connectivity index (χ1v) is 7.52. The van der Waals surface area contributed by atoms with Crippen LogP contribution in [0.1, 0.15) is 0 Å². The summed E-state index contributed by atoms with van der Waals surface area (Å²) >= 11 is 6.83. The van der Waals surface area contributed by atoms with Crippen molar-refractivity contribution in [3.8, 4) is 0 Å². The number of nitrogens with one attached hydrogen (secondary N) is 1. The Labute approximate surface area is 99.3 Å². The molecule has 0 aliphatic rings. The summed E-state index contributed by atoms with van der Waals surface area (Å²) in [5.74, 6) is 0.695. The van der Waals surface area contributed by atoms with E-state index in [4.69, 9.17) is 11.6 Å². The molecule has 0 fully saturated rings. The van der Waals surface area contributed by atoms with E-state index in [2.05, 4.69) is 4.72 Å². The SMILES string of the molecule is O=S(=O)(CCl)NCCSc1ccccc1. The Morgan fingerprint density at radius 1 is 1.27 bits per heavy atom. The molecule has 84 valence electrons. The smallest absolute Gasteiger partial charge is 0.213 e. The van der Waals surface area contributed by atoms with Gasteiger partial charge in [-0.3, -0.25) is 0 Å². The van der Waals surface area contributed by atoms with Gasteiger partial charge in [0.15, 0.2) is 0 Å². The highest BCUT2D eigenvalue weighted by Gasteiger charge is 2.05. The summed E-state index contributed by atoms with van der Waals surface area (Å²) in [6.45, 7) is 0.397. The third kappa shape index (κ3) is 5.41. The van der Waals surface area contributed by atoms with Gasteiger partial charge in [-0.2, -0.15) is 0 Å². The van der Waals surface area contributed by atoms with Crippen molar-refractivity contribution in [1.82, 2.24) is 4.72 Å². The van der Waals surface area contributed by atoms with Gasteiger partial charge < -0.3 is 0 Å². The van der Waals surface area contributed by atoms with E-state index in [1.807, 2.05) is 30.3 Å². The van der Waals surface area contributed by atoms with Gasteiger partial charge in [0.2, 0.25) is 10.0 Å². The van der Waals surface area contributed by atoms with E-state index in [1.165, 1.54) is 0 Å². The summed E-state index contributed by atoms with van der Waals surface area (Å²) in [4.78, 5) is 1.13. The van der Waals surface area contributed by atoms with E-state index in [1.54, 1.807) is 11.8 Å². The zero-order valence-corrected chi connectivity index (χ0v) is 10.4. The van der Waals surface area contributed by atoms with Crippen LogP contribution < -0.4 is 4.72 Å². The van der Waals surface area contributed by atoms with Crippen molar-refractivity contribution in [2.75, 3.05) is 17.5 Å². The second kappa shape index (κ2) is 6.37. The van der Waals surface area contributed by atoms with Crippen LogP contribution in [0.25, 0.3) is 0 Å². The first kappa shape index (κ1) is 12.8. The van der Waals surface area contributed by atoms with E-state index in [-0.39, 0.29) is 5.21 Å². The molecule has 0 spiro atoms. The highest BCUT2D eigenvalue weighted by atomic mass is 35.5. The summed E-state index contributed by atoms with van der Waals surface area (Å²) in [6.07, 6.45) is 0. The quantitative estimate of drug-likeness (QED) is 0.485. The van der Waals surface area contributed by atoms with Crippen molar-refractivity contribution < 1.29 is 8.42 Å². The normalized spacial score (nSPS) is 11.5. The zero-order valence-electron chi connectivity index (χ0n) is 8.02. The van der Waals surface area contributed by atoms with Crippen molar-refractivity contribution in [3.05, 3.63) is 30.3 Å². The molecule has 0 saturated heterocycles. The fourth-order valence-electron chi connectivity index (χ4n) is 0.921. The van der Waals surface area contributed by atoms with E-state index in [0.29, 0.717) is 12.3 Å². The average molecular weight is 266 g/mol. The number of benzene rings is 1. The Kier molecular flexibility index (Phi) is 5.45. The Morgan fingerprint density at radius 3 is 2.53 bits per heavy atom. The minimum absolute atomic E-state index is 0.386. The molecule has 1 aromatic carbocycles. The lowest BCUT2D eigenvalue weighted by molar-refractivity contribution is 0.589. The number of halogens is 1. The van der Waals surface area contributed by atoms with E-state index >= 15 is 0 Å². The second-order valence-electron chi connectivity index (χ2n) is 2.78. The van der Waals surface area contributed by atoms with E-state index in [0.717, 1.165) is 4.90 Å². The van der Waals surface area contributed by atoms with Gasteiger partial charge in [0.1, 0.15) is 5.21 Å². The molecule has 1 rings (SSSR count). The van der Waals surface area contributed by atoms with Crippen LogP contribution in [0, 0.1) is 0 Å². The van der Waals surface area contributed by atoms with Crippen LogP contribution in [0.4, 0.5) is 0 Å². The van der Waals surface area contributed by atoms with Crippen LogP contribution in [0.2, 0.25) is 0 Å². The van der Waals surface area contributed by atoms with Gasteiger partial charge in [0.05, 0.1) is 0 Å². The molecule has 0 bridgehead atoms. The lowest BCUT2D eigenvalue weighted by atomic mass is 10.4. The molecule has 3 nitrogen and oxygen atoms in total. The van der Waals surface area contributed by atoms with Gasteiger partial charge in [-0.25, -0.2) is 13.1 Å². The predicted molar refractivity (Wildman–Crippen MR) is 64.8 cm³/mol. The van der Waals surface area contributed by atoms with Gasteiger partial charge in [0, 0.05) is 17.2 Å². The highest BCUT2D eigenvalue weighted by molar-refractivity contribution is 7.99. The molecule has 0 heterocycles. The van der Waals surface area contributed by atoms with Crippen LogP contribution in [0.3, 0.4) is 0 Å². The molecule has 0 aliphatic heterocycles. The van der Waals surface area contributed by atoms with Gasteiger partial charge in [-0.05, 0) is 12.1 Å². The summed E-state index contributed by atoms with van der Waals surface area (Å²) in [6, 6.07) is 9.82. The fourth-order valence-corrected chi connectivity index (χ4v) is 2.56. The van der Waals surface area contributed by atoms with Gasteiger partial charge in [-0.15, -0.1) is 23.4 Å². The number of hydrogen-bond acceptors (Lipinski definition) is 3. The van der Waals surface area contributed by atoms with Gasteiger partial charge in [-0.1, -0.05) is 18.2 Å². The maximum atomic E-state index is 11.0. The summed E-state index contributed by atoms with van der Waals surface area (Å²) in [5, 5.41) is -0.386. The molecule has 0 amide bonds. The molecule has 0 aliphatic carbocycles. The number of thioether (sulfide) groups is 1. The summed E-state index contributed by atoms with van der Waals surface area (Å²) in [5.41, 5.74) is 0. The molecule has 6 heteroatoms. The van der Waals surface area contributed by atoms with Crippen molar-refractivity contribution in [1.29, 1.82) is 0 Å². The topological polar surface area (TPSA) is 46.2 Å². The van der Waals surface area contributed by atoms with Crippen LogP contribution in [0.15, 0.2) is 35.2 Å². The third-order valence-corrected chi connectivity index (χ3v) is 4.39. The minimum Gasteiger partial charge on any atom is -0.213 e. The largest absolute Gasteiger partial charge is 0.225 e. The minimum atomic E-state index is -3.27. The molecule has 1 aromatic rings. The van der Waals surface area contributed by atoms with Crippen LogP contribution in [0.5, 0.6) is 0 Å². The van der Waals surface area contributed by atoms with Crippen LogP contribution in [-0.4, -0.2) is 25.9 Å². The molecular formula is C9H12ClNO2S2. The fraction of sp³-hybridized carbons (Fsp3) is 0.333. The maximum Gasteiger partial charge on any atom is 0.225 e. The molecule has 0 saturated carbocycles. The van der Waals surface area contributed by atoms with Crippen molar-refractivity contribution >= 4 is 33.4 Å². The first-order valence-electron chi connectivity index (χ1n) is 4.35. The number of hydrogen-bond donors (Lipinski definition) is 1. The number of sulfonamides is 1. The predicted octanol–water partition coefficient (Wildman–Crippen LogP) is 1.89. The molecule has 15 heavy (non-hydrogen) atoms. The molecule has 0 aromatic heterocycles. The third-order valence-electron chi connectivity index (χ3n) is 1.58. The number of alkyl halides is 1. The van der Waals surface area contributed by atoms with Crippen molar-refractivity contribution in [3.63, 3.8) is 0 Å². The monoisotopic (exact) mass is 265 g/mol. The van der Waals surface area contributed by atoms with E-state index < -0.39 is 10.0 Å². The zero-order chi connectivity index (χ0) is 11.1. The first-order chi connectivity index (χ1) is 7.14. The molecule has 0 unspecified atom stereocenters. The Hall–Kier alpha value is -0.230. The molecule has 0 radical (unpaired) electrons. The van der Waals surface area contributed by atoms with Crippen molar-refractivity contribution in [2.45, 2.75) is 4.90 Å². The van der Waals surface area contributed by atoms with E-state index in [9.17, 15) is 8.42 Å². The lowest BCUT2D eigenvalue weighted by Gasteiger charge is -2.03. The Balaban J connectivity index is 2.24. The van der Waals surface area contributed by atoms with Crippen molar-refractivity contribution in [2.24, 2.45) is 0 Å². The van der Waals surface area contributed by atoms with Gasteiger partial charge >= 0.3 is 0 Å². The van der Waals surface area contributed by atoms with Gasteiger partial charge in [0.25, 0.3) is 0 Å². The summed E-state index contributed by atoms with van der Waals surface area (Å²) < 4.78 is 24.3. The van der Waals surface area contributed by atoms with Crippen LogP contribution >= 0.6 is 23.4 Å². The van der Waals surface area contributed by atoms with Crippen LogP contribution in [-0.2, 0) is 10.0 Å². The second-order valence-corrected chi connectivity index (χ2v) is 6.34. The highest BCUT2D eigenvalue weighted by Crippen LogP contribution is 2.15. The average Bonchev–Trinajstić information content (AvgIpc) is 2.26. The Bertz CT molecular complexity index is 380. The summed E-state index contributed by atoms with van der Waals surface area (Å²) in [7, 11) is -3.27.